The molecule has 1 unspecified atom stereocenters. The lowest BCUT2D eigenvalue weighted by Gasteiger charge is -2.39. The molecule has 1 aliphatic heterocycles. The average molecular weight is 389 g/mol. The SMILES string of the molecule is CCO[C@H]1C[C@H]1C1(C(N)=O)C=C(C(=O)NC)C(=O)N(Cc2cccc(F)c2)C1. The zero-order valence-corrected chi connectivity index (χ0v) is 15.9. The number of halogens is 1. The van der Waals surface area contributed by atoms with Crippen molar-refractivity contribution in [2.45, 2.75) is 26.0 Å². The molecule has 3 N–H and O–H groups in total. The molecule has 8 heteroatoms. The summed E-state index contributed by atoms with van der Waals surface area (Å²) in [6, 6.07) is 5.85. The van der Waals surface area contributed by atoms with Crippen LogP contribution in [-0.2, 0) is 25.7 Å². The van der Waals surface area contributed by atoms with Crippen molar-refractivity contribution in [3.05, 3.63) is 47.3 Å². The maximum Gasteiger partial charge on any atom is 0.259 e. The molecule has 1 aliphatic carbocycles. The molecule has 0 radical (unpaired) electrons. The van der Waals surface area contributed by atoms with Gasteiger partial charge >= 0.3 is 0 Å². The van der Waals surface area contributed by atoms with Gasteiger partial charge in [0.1, 0.15) is 11.4 Å². The van der Waals surface area contributed by atoms with E-state index in [9.17, 15) is 18.8 Å². The normalized spacial score (nSPS) is 26.6. The number of carbonyl (C=O) groups excluding carboxylic acids is 3. The van der Waals surface area contributed by atoms with Gasteiger partial charge in [0.05, 0.1) is 11.5 Å². The van der Waals surface area contributed by atoms with Crippen LogP contribution in [-0.4, -0.2) is 48.9 Å². The van der Waals surface area contributed by atoms with Crippen LogP contribution >= 0.6 is 0 Å². The van der Waals surface area contributed by atoms with Crippen LogP contribution in [0.25, 0.3) is 0 Å². The van der Waals surface area contributed by atoms with Crippen LogP contribution in [0.3, 0.4) is 0 Å². The number of hydrogen-bond acceptors (Lipinski definition) is 4. The van der Waals surface area contributed by atoms with E-state index in [4.69, 9.17) is 10.5 Å². The Balaban J connectivity index is 1.99. The highest BCUT2D eigenvalue weighted by Crippen LogP contribution is 2.51. The molecule has 1 heterocycles. The van der Waals surface area contributed by atoms with Gasteiger partial charge in [-0.25, -0.2) is 4.39 Å². The van der Waals surface area contributed by atoms with E-state index in [1.807, 2.05) is 6.92 Å². The summed E-state index contributed by atoms with van der Waals surface area (Å²) in [6.07, 6.45) is 1.88. The Kier molecular flexibility index (Phi) is 5.51. The van der Waals surface area contributed by atoms with Crippen molar-refractivity contribution in [2.75, 3.05) is 20.2 Å². The first-order valence-corrected chi connectivity index (χ1v) is 9.22. The average Bonchev–Trinajstić information content (AvgIpc) is 3.43. The number of benzene rings is 1. The van der Waals surface area contributed by atoms with Crippen molar-refractivity contribution >= 4 is 17.7 Å². The van der Waals surface area contributed by atoms with Crippen LogP contribution < -0.4 is 11.1 Å². The maximum absolute atomic E-state index is 13.6. The number of nitrogens with zero attached hydrogens (tertiary/aromatic N) is 1. The summed E-state index contributed by atoms with van der Waals surface area (Å²) in [5.41, 5.74) is 4.98. The predicted molar refractivity (Wildman–Crippen MR) is 99.1 cm³/mol. The highest BCUT2D eigenvalue weighted by atomic mass is 19.1. The van der Waals surface area contributed by atoms with E-state index in [1.54, 1.807) is 12.1 Å². The summed E-state index contributed by atoms with van der Waals surface area (Å²) in [5, 5.41) is 2.43. The molecule has 3 amide bonds. The minimum atomic E-state index is -1.21. The molecule has 1 saturated carbocycles. The van der Waals surface area contributed by atoms with Gasteiger partial charge in [0.2, 0.25) is 5.91 Å². The molecule has 3 rings (SSSR count). The van der Waals surface area contributed by atoms with Gasteiger partial charge in [0.25, 0.3) is 11.8 Å². The summed E-state index contributed by atoms with van der Waals surface area (Å²) in [5.74, 6) is -2.36. The van der Waals surface area contributed by atoms with Gasteiger partial charge in [-0.2, -0.15) is 0 Å². The summed E-state index contributed by atoms with van der Waals surface area (Å²) in [6.45, 7) is 2.44. The van der Waals surface area contributed by atoms with E-state index < -0.39 is 29.0 Å². The van der Waals surface area contributed by atoms with Crippen molar-refractivity contribution in [3.63, 3.8) is 0 Å². The van der Waals surface area contributed by atoms with Crippen molar-refractivity contribution in [1.82, 2.24) is 10.2 Å². The molecular formula is C20H24FN3O4. The van der Waals surface area contributed by atoms with Gasteiger partial charge in [0.15, 0.2) is 0 Å². The zero-order chi connectivity index (χ0) is 20.5. The van der Waals surface area contributed by atoms with Gasteiger partial charge in [-0.1, -0.05) is 12.1 Å². The van der Waals surface area contributed by atoms with Crippen molar-refractivity contribution in [3.8, 4) is 0 Å². The number of likely N-dealkylation sites (N-methyl/N-ethyl adjacent to an activating group) is 1. The quantitative estimate of drug-likeness (QED) is 0.672. The van der Waals surface area contributed by atoms with E-state index in [2.05, 4.69) is 5.32 Å². The van der Waals surface area contributed by atoms with E-state index in [1.165, 1.54) is 30.2 Å². The largest absolute Gasteiger partial charge is 0.378 e. The lowest BCUT2D eigenvalue weighted by Crippen LogP contribution is -2.54. The van der Waals surface area contributed by atoms with E-state index >= 15 is 0 Å². The van der Waals surface area contributed by atoms with Gasteiger partial charge in [-0.05, 0) is 37.1 Å². The molecule has 3 atom stereocenters. The van der Waals surface area contributed by atoms with Crippen LogP contribution in [0.4, 0.5) is 4.39 Å². The van der Waals surface area contributed by atoms with Gasteiger partial charge in [0, 0.05) is 32.7 Å². The molecule has 1 aromatic carbocycles. The summed E-state index contributed by atoms with van der Waals surface area (Å²) < 4.78 is 19.2. The second-order valence-corrected chi connectivity index (χ2v) is 7.17. The number of ether oxygens (including phenoxy) is 1. The first-order chi connectivity index (χ1) is 13.3. The third-order valence-electron chi connectivity index (χ3n) is 5.34. The van der Waals surface area contributed by atoms with Crippen LogP contribution in [0.15, 0.2) is 35.9 Å². The molecule has 0 saturated heterocycles. The third-order valence-corrected chi connectivity index (χ3v) is 5.34. The highest BCUT2D eigenvalue weighted by Gasteiger charge is 2.59. The number of carbonyl (C=O) groups is 3. The van der Waals surface area contributed by atoms with Crippen LogP contribution in [0, 0.1) is 17.2 Å². The molecule has 2 aliphatic rings. The van der Waals surface area contributed by atoms with Crippen LogP contribution in [0.5, 0.6) is 0 Å². The van der Waals surface area contributed by atoms with Crippen LogP contribution in [0.2, 0.25) is 0 Å². The third kappa shape index (κ3) is 3.64. The standard InChI is InChI=1S/C20H24FN3O4/c1-3-28-16-8-15(16)20(19(22)27)9-14(17(25)23-2)18(26)24(11-20)10-12-5-4-6-13(21)7-12/h4-7,9,15-16H,3,8,10-11H2,1-2H3,(H2,22,27)(H,23,25)/t15-,16+,20?/m1/s1. The fraction of sp³-hybridized carbons (Fsp3) is 0.450. The predicted octanol–water partition coefficient (Wildman–Crippen LogP) is 0.737. The monoisotopic (exact) mass is 389 g/mol. The molecule has 7 nitrogen and oxygen atoms in total. The van der Waals surface area contributed by atoms with Gasteiger partial charge < -0.3 is 20.7 Å². The summed E-state index contributed by atoms with van der Waals surface area (Å²) in [4.78, 5) is 39.1. The minimum Gasteiger partial charge on any atom is -0.378 e. The molecule has 1 fully saturated rings. The second-order valence-electron chi connectivity index (χ2n) is 7.17. The minimum absolute atomic E-state index is 0.0203. The molecule has 150 valence electrons. The summed E-state index contributed by atoms with van der Waals surface area (Å²) >= 11 is 0. The Hall–Kier alpha value is -2.74. The first kappa shape index (κ1) is 20.0. The van der Waals surface area contributed by atoms with Crippen LogP contribution in [0.1, 0.15) is 18.9 Å². The molecule has 0 spiro atoms. The number of rotatable bonds is 7. The Morgan fingerprint density at radius 2 is 2.18 bits per heavy atom. The Labute approximate surface area is 162 Å². The smallest absolute Gasteiger partial charge is 0.259 e. The molecule has 0 bridgehead atoms. The van der Waals surface area contributed by atoms with E-state index in [0.717, 1.165) is 0 Å². The number of hydrogen-bond donors (Lipinski definition) is 2. The van der Waals surface area contributed by atoms with E-state index in [0.29, 0.717) is 18.6 Å². The summed E-state index contributed by atoms with van der Waals surface area (Å²) in [7, 11) is 1.41. The van der Waals surface area contributed by atoms with Gasteiger partial charge in [-0.15, -0.1) is 0 Å². The second kappa shape index (κ2) is 7.71. The van der Waals surface area contributed by atoms with Crippen molar-refractivity contribution in [2.24, 2.45) is 17.1 Å². The molecular weight excluding hydrogens is 365 g/mol. The highest BCUT2D eigenvalue weighted by molar-refractivity contribution is 6.19. The molecule has 1 aromatic rings. The Bertz CT molecular complexity index is 840. The number of nitrogens with one attached hydrogen (secondary N) is 1. The Morgan fingerprint density at radius 3 is 2.79 bits per heavy atom. The van der Waals surface area contributed by atoms with Gasteiger partial charge in [-0.3, -0.25) is 14.4 Å². The Morgan fingerprint density at radius 1 is 1.43 bits per heavy atom. The zero-order valence-electron chi connectivity index (χ0n) is 15.9. The number of amides is 3. The topological polar surface area (TPSA) is 102 Å². The molecule has 28 heavy (non-hydrogen) atoms. The lowest BCUT2D eigenvalue weighted by molar-refractivity contribution is -0.137. The number of nitrogens with two attached hydrogens (primary N) is 1. The molecule has 0 aromatic heterocycles. The fourth-order valence-electron chi connectivity index (χ4n) is 3.87. The maximum atomic E-state index is 13.6. The van der Waals surface area contributed by atoms with Crippen molar-refractivity contribution in [1.29, 1.82) is 0 Å². The first-order valence-electron chi connectivity index (χ1n) is 9.22. The van der Waals surface area contributed by atoms with Crippen molar-refractivity contribution < 1.29 is 23.5 Å². The fourth-order valence-corrected chi connectivity index (χ4v) is 3.87. The lowest BCUT2D eigenvalue weighted by atomic mass is 9.76. The number of primary amides is 1. The van der Waals surface area contributed by atoms with E-state index in [-0.39, 0.29) is 30.7 Å².